The molecule has 0 saturated carbocycles. The highest BCUT2D eigenvalue weighted by atomic mass is 16.5. The van der Waals surface area contributed by atoms with E-state index in [2.05, 4.69) is 13.8 Å². The molecule has 2 rings (SSSR count). The minimum Gasteiger partial charge on any atom is -0.497 e. The van der Waals surface area contributed by atoms with E-state index in [-0.39, 0.29) is 11.4 Å². The van der Waals surface area contributed by atoms with Crippen LogP contribution in [0.3, 0.4) is 0 Å². The van der Waals surface area contributed by atoms with Crippen molar-refractivity contribution in [3.05, 3.63) is 29.8 Å². The van der Waals surface area contributed by atoms with Crippen LogP contribution < -0.4 is 4.74 Å². The summed E-state index contributed by atoms with van der Waals surface area (Å²) in [5.74, 6) is 1.10. The van der Waals surface area contributed by atoms with Crippen LogP contribution in [-0.2, 0) is 11.3 Å². The van der Waals surface area contributed by atoms with E-state index in [1.165, 1.54) is 0 Å². The van der Waals surface area contributed by atoms with E-state index < -0.39 is 0 Å². The van der Waals surface area contributed by atoms with Crippen LogP contribution in [0.4, 0.5) is 0 Å². The molecule has 3 nitrogen and oxygen atoms in total. The Bertz CT molecular complexity index is 409. The molecule has 0 bridgehead atoms. The molecule has 0 atom stereocenters. The molecule has 0 spiro atoms. The fraction of sp³-hybridized carbons (Fsp3) is 0.500. The number of amides is 1. The fourth-order valence-electron chi connectivity index (χ4n) is 2.24. The summed E-state index contributed by atoms with van der Waals surface area (Å²) in [4.78, 5) is 13.8. The van der Waals surface area contributed by atoms with E-state index >= 15 is 0 Å². The summed E-state index contributed by atoms with van der Waals surface area (Å²) in [6.45, 7) is 4.94. The normalized spacial score (nSPS) is 18.5. The van der Waals surface area contributed by atoms with Crippen LogP contribution in [0.5, 0.6) is 5.75 Å². The quantitative estimate of drug-likeness (QED) is 0.803. The molecule has 1 aliphatic heterocycles. The molecule has 0 unspecified atom stereocenters. The van der Waals surface area contributed by atoms with Crippen molar-refractivity contribution in [2.24, 2.45) is 0 Å². The van der Waals surface area contributed by atoms with Crippen molar-refractivity contribution in [1.29, 1.82) is 0 Å². The number of carbonyl (C=O) groups is 1. The Morgan fingerprint density at radius 3 is 2.41 bits per heavy atom. The van der Waals surface area contributed by atoms with Crippen LogP contribution in [0.25, 0.3) is 0 Å². The first-order valence-electron chi connectivity index (χ1n) is 5.96. The summed E-state index contributed by atoms with van der Waals surface area (Å²) in [6.07, 6.45) is 1.62. The summed E-state index contributed by atoms with van der Waals surface area (Å²) in [5, 5.41) is 0. The number of methoxy groups -OCH3 is 1. The molecule has 1 aliphatic rings. The maximum atomic E-state index is 11.8. The number of benzene rings is 1. The third-order valence-electron chi connectivity index (χ3n) is 3.48. The number of hydrogen-bond acceptors (Lipinski definition) is 2. The predicted molar refractivity (Wildman–Crippen MR) is 66.9 cm³/mol. The molecule has 1 fully saturated rings. The zero-order valence-corrected chi connectivity index (χ0v) is 10.7. The summed E-state index contributed by atoms with van der Waals surface area (Å²) < 4.78 is 5.12. The second-order valence-corrected chi connectivity index (χ2v) is 5.14. The third-order valence-corrected chi connectivity index (χ3v) is 3.48. The zero-order chi connectivity index (χ0) is 12.5. The Kier molecular flexibility index (Phi) is 3.09. The SMILES string of the molecule is COc1ccc(CN2C(=O)CCC2(C)C)cc1. The Morgan fingerprint density at radius 2 is 1.94 bits per heavy atom. The van der Waals surface area contributed by atoms with Gasteiger partial charge in [0.05, 0.1) is 7.11 Å². The topological polar surface area (TPSA) is 29.5 Å². The number of likely N-dealkylation sites (tertiary alicyclic amines) is 1. The molecule has 1 heterocycles. The van der Waals surface area contributed by atoms with Gasteiger partial charge in [-0.2, -0.15) is 0 Å². The smallest absolute Gasteiger partial charge is 0.223 e. The summed E-state index contributed by atoms with van der Waals surface area (Å²) in [6, 6.07) is 7.90. The lowest BCUT2D eigenvalue weighted by Crippen LogP contribution is -2.40. The molecule has 0 aromatic heterocycles. The molecule has 3 heteroatoms. The molecule has 0 N–H and O–H groups in total. The second-order valence-electron chi connectivity index (χ2n) is 5.14. The van der Waals surface area contributed by atoms with E-state index in [0.29, 0.717) is 13.0 Å². The minimum atomic E-state index is -0.0169. The van der Waals surface area contributed by atoms with Crippen molar-refractivity contribution in [3.8, 4) is 5.75 Å². The first kappa shape index (κ1) is 12.0. The van der Waals surface area contributed by atoms with E-state index in [1.54, 1.807) is 7.11 Å². The maximum Gasteiger partial charge on any atom is 0.223 e. The fourth-order valence-corrected chi connectivity index (χ4v) is 2.24. The monoisotopic (exact) mass is 233 g/mol. The molecule has 1 aromatic carbocycles. The van der Waals surface area contributed by atoms with Crippen molar-refractivity contribution in [1.82, 2.24) is 4.90 Å². The van der Waals surface area contributed by atoms with Crippen LogP contribution >= 0.6 is 0 Å². The highest BCUT2D eigenvalue weighted by Gasteiger charge is 2.37. The Balaban J connectivity index is 2.12. The molecule has 1 aromatic rings. The van der Waals surface area contributed by atoms with Crippen molar-refractivity contribution in [3.63, 3.8) is 0 Å². The molecule has 92 valence electrons. The van der Waals surface area contributed by atoms with Gasteiger partial charge in [-0.1, -0.05) is 12.1 Å². The van der Waals surface area contributed by atoms with Gasteiger partial charge in [0.2, 0.25) is 5.91 Å². The number of nitrogens with zero attached hydrogens (tertiary/aromatic N) is 1. The van der Waals surface area contributed by atoms with Gasteiger partial charge in [0.1, 0.15) is 5.75 Å². The van der Waals surface area contributed by atoms with Crippen LogP contribution in [0.1, 0.15) is 32.3 Å². The molecule has 0 radical (unpaired) electrons. The Hall–Kier alpha value is -1.51. The molecule has 17 heavy (non-hydrogen) atoms. The highest BCUT2D eigenvalue weighted by molar-refractivity contribution is 5.79. The lowest BCUT2D eigenvalue weighted by molar-refractivity contribution is -0.131. The van der Waals surface area contributed by atoms with Gasteiger partial charge in [-0.25, -0.2) is 0 Å². The maximum absolute atomic E-state index is 11.8. The lowest BCUT2D eigenvalue weighted by atomic mass is 10.0. The summed E-state index contributed by atoms with van der Waals surface area (Å²) >= 11 is 0. The van der Waals surface area contributed by atoms with Gasteiger partial charge in [0, 0.05) is 18.5 Å². The molecule has 1 saturated heterocycles. The third kappa shape index (κ3) is 2.43. The van der Waals surface area contributed by atoms with Crippen molar-refractivity contribution in [2.45, 2.75) is 38.8 Å². The predicted octanol–water partition coefficient (Wildman–Crippen LogP) is 2.60. The molecule has 0 aliphatic carbocycles. The van der Waals surface area contributed by atoms with Gasteiger partial charge in [0.15, 0.2) is 0 Å². The van der Waals surface area contributed by atoms with Crippen molar-refractivity contribution < 1.29 is 9.53 Å². The van der Waals surface area contributed by atoms with Gasteiger partial charge in [0.25, 0.3) is 0 Å². The Labute approximate surface area is 102 Å². The number of carbonyl (C=O) groups excluding carboxylic acids is 1. The molecular weight excluding hydrogens is 214 g/mol. The number of ether oxygens (including phenoxy) is 1. The zero-order valence-electron chi connectivity index (χ0n) is 10.7. The van der Waals surface area contributed by atoms with E-state index in [1.807, 2.05) is 29.2 Å². The largest absolute Gasteiger partial charge is 0.497 e. The average Bonchev–Trinajstić information content (AvgIpc) is 2.57. The number of hydrogen-bond donors (Lipinski definition) is 0. The van der Waals surface area contributed by atoms with Gasteiger partial charge in [-0.05, 0) is 38.0 Å². The van der Waals surface area contributed by atoms with Crippen LogP contribution in [0, 0.1) is 0 Å². The van der Waals surface area contributed by atoms with E-state index in [4.69, 9.17) is 4.74 Å². The van der Waals surface area contributed by atoms with E-state index in [0.717, 1.165) is 17.7 Å². The van der Waals surface area contributed by atoms with Gasteiger partial charge < -0.3 is 9.64 Å². The van der Waals surface area contributed by atoms with Crippen molar-refractivity contribution in [2.75, 3.05) is 7.11 Å². The molecule has 1 amide bonds. The van der Waals surface area contributed by atoms with Crippen LogP contribution in [-0.4, -0.2) is 23.5 Å². The van der Waals surface area contributed by atoms with Gasteiger partial charge >= 0.3 is 0 Å². The second kappa shape index (κ2) is 4.40. The Morgan fingerprint density at radius 1 is 1.29 bits per heavy atom. The molecular formula is C14H19NO2. The first-order chi connectivity index (χ1) is 8.03. The van der Waals surface area contributed by atoms with Crippen LogP contribution in [0.2, 0.25) is 0 Å². The number of rotatable bonds is 3. The lowest BCUT2D eigenvalue weighted by Gasteiger charge is -2.31. The summed E-state index contributed by atoms with van der Waals surface area (Å²) in [7, 11) is 1.65. The minimum absolute atomic E-state index is 0.0169. The van der Waals surface area contributed by atoms with E-state index in [9.17, 15) is 4.79 Å². The van der Waals surface area contributed by atoms with Crippen LogP contribution in [0.15, 0.2) is 24.3 Å². The van der Waals surface area contributed by atoms with Crippen molar-refractivity contribution >= 4 is 5.91 Å². The summed E-state index contributed by atoms with van der Waals surface area (Å²) in [5.41, 5.74) is 1.13. The average molecular weight is 233 g/mol. The van der Waals surface area contributed by atoms with Gasteiger partial charge in [-0.3, -0.25) is 4.79 Å². The highest BCUT2D eigenvalue weighted by Crippen LogP contribution is 2.31. The standard InChI is InChI=1S/C14H19NO2/c1-14(2)9-8-13(16)15(14)10-11-4-6-12(17-3)7-5-11/h4-7H,8-10H2,1-3H3. The first-order valence-corrected chi connectivity index (χ1v) is 5.96. The van der Waals surface area contributed by atoms with Gasteiger partial charge in [-0.15, -0.1) is 0 Å².